The fourth-order valence-corrected chi connectivity index (χ4v) is 2.87. The molecule has 5 heteroatoms. The Labute approximate surface area is 166 Å². The fraction of sp³-hybridized carbons (Fsp3) is 0.304. The van der Waals surface area contributed by atoms with E-state index in [0.717, 1.165) is 16.9 Å². The highest BCUT2D eigenvalue weighted by atomic mass is 16.5. The summed E-state index contributed by atoms with van der Waals surface area (Å²) in [4.78, 5) is 13.0. The molecule has 0 radical (unpaired) electrons. The normalized spacial score (nSPS) is 12.0. The molecule has 0 saturated carbocycles. The van der Waals surface area contributed by atoms with Gasteiger partial charge in [-0.05, 0) is 30.5 Å². The average molecular weight is 377 g/mol. The Hall–Kier alpha value is -3.08. The second kappa shape index (κ2) is 8.74. The summed E-state index contributed by atoms with van der Waals surface area (Å²) in [5.74, 6) is 0.971. The Morgan fingerprint density at radius 2 is 1.86 bits per heavy atom. The number of ether oxygens (including phenoxy) is 1. The molecule has 3 aromatic rings. The maximum absolute atomic E-state index is 13.0. The topological polar surface area (TPSA) is 56.2 Å². The van der Waals surface area contributed by atoms with Crippen molar-refractivity contribution in [3.05, 3.63) is 71.9 Å². The largest absolute Gasteiger partial charge is 0.497 e. The van der Waals surface area contributed by atoms with Crippen LogP contribution in [0.5, 0.6) is 5.75 Å². The second-order valence-corrected chi connectivity index (χ2v) is 7.31. The summed E-state index contributed by atoms with van der Waals surface area (Å²) < 4.78 is 7.16. The van der Waals surface area contributed by atoms with Crippen LogP contribution in [-0.4, -0.2) is 28.8 Å². The highest BCUT2D eigenvalue weighted by Crippen LogP contribution is 2.26. The van der Waals surface area contributed by atoms with Gasteiger partial charge in [0.2, 0.25) is 0 Å². The van der Waals surface area contributed by atoms with E-state index in [-0.39, 0.29) is 11.9 Å². The maximum Gasteiger partial charge on any atom is 0.255 e. The van der Waals surface area contributed by atoms with Gasteiger partial charge in [0.1, 0.15) is 11.4 Å². The van der Waals surface area contributed by atoms with Gasteiger partial charge in [-0.2, -0.15) is 5.10 Å². The van der Waals surface area contributed by atoms with E-state index >= 15 is 0 Å². The quantitative estimate of drug-likeness (QED) is 0.665. The van der Waals surface area contributed by atoms with Crippen LogP contribution < -0.4 is 10.1 Å². The molecule has 0 saturated heterocycles. The summed E-state index contributed by atoms with van der Waals surface area (Å²) in [6.45, 7) is 6.80. The number of rotatable bonds is 7. The van der Waals surface area contributed by atoms with Crippen LogP contribution in [0.25, 0.3) is 11.3 Å². The first kappa shape index (κ1) is 19.7. The minimum Gasteiger partial charge on any atom is -0.497 e. The number of methoxy groups -OCH3 is 1. The van der Waals surface area contributed by atoms with Gasteiger partial charge in [0.25, 0.3) is 5.91 Å². The molecule has 1 atom stereocenters. The minimum absolute atomic E-state index is 0.0723. The molecule has 0 bridgehead atoms. The van der Waals surface area contributed by atoms with Crippen LogP contribution in [0.1, 0.15) is 36.7 Å². The van der Waals surface area contributed by atoms with Gasteiger partial charge >= 0.3 is 0 Å². The Morgan fingerprint density at radius 3 is 2.54 bits per heavy atom. The van der Waals surface area contributed by atoms with Crippen molar-refractivity contribution in [1.29, 1.82) is 0 Å². The molecule has 1 aromatic heterocycles. The van der Waals surface area contributed by atoms with Gasteiger partial charge < -0.3 is 10.1 Å². The molecule has 2 aromatic carbocycles. The summed E-state index contributed by atoms with van der Waals surface area (Å²) >= 11 is 0. The van der Waals surface area contributed by atoms with Gasteiger partial charge in [-0.1, -0.05) is 56.3 Å². The van der Waals surface area contributed by atoms with Gasteiger partial charge in [0.05, 0.1) is 19.2 Å². The highest BCUT2D eigenvalue weighted by Gasteiger charge is 2.21. The molecule has 1 unspecified atom stereocenters. The predicted molar refractivity (Wildman–Crippen MR) is 112 cm³/mol. The zero-order chi connectivity index (χ0) is 20.1. The van der Waals surface area contributed by atoms with Crippen LogP contribution in [0, 0.1) is 5.92 Å². The molecule has 146 valence electrons. The fourth-order valence-electron chi connectivity index (χ4n) is 2.87. The van der Waals surface area contributed by atoms with Crippen molar-refractivity contribution in [2.75, 3.05) is 7.11 Å². The lowest BCUT2D eigenvalue weighted by Gasteiger charge is -2.17. The maximum atomic E-state index is 13.0. The van der Waals surface area contributed by atoms with E-state index in [1.54, 1.807) is 7.11 Å². The van der Waals surface area contributed by atoms with Crippen molar-refractivity contribution < 1.29 is 9.53 Å². The summed E-state index contributed by atoms with van der Waals surface area (Å²) in [6.07, 6.45) is 1.82. The van der Waals surface area contributed by atoms with Crippen molar-refractivity contribution in [2.24, 2.45) is 5.92 Å². The molecule has 0 spiro atoms. The van der Waals surface area contributed by atoms with E-state index in [0.29, 0.717) is 23.7 Å². The SMILES string of the molecule is COc1cccc(-c2nn(Cc3ccccc3)cc2C(=O)NC(C)C(C)C)c1. The molecule has 0 aliphatic carbocycles. The Bertz CT molecular complexity index is 932. The van der Waals surface area contributed by atoms with Crippen LogP contribution in [0.2, 0.25) is 0 Å². The third kappa shape index (κ3) is 4.60. The third-order valence-electron chi connectivity index (χ3n) is 4.90. The Kier molecular flexibility index (Phi) is 6.14. The third-order valence-corrected chi connectivity index (χ3v) is 4.90. The number of carbonyl (C=O) groups excluding carboxylic acids is 1. The Morgan fingerprint density at radius 1 is 1.11 bits per heavy atom. The van der Waals surface area contributed by atoms with Crippen LogP contribution in [0.3, 0.4) is 0 Å². The lowest BCUT2D eigenvalue weighted by atomic mass is 10.0. The van der Waals surface area contributed by atoms with Gasteiger partial charge in [-0.25, -0.2) is 0 Å². The number of amides is 1. The average Bonchev–Trinajstić information content (AvgIpc) is 3.12. The first-order valence-corrected chi connectivity index (χ1v) is 9.54. The van der Waals surface area contributed by atoms with Crippen LogP contribution in [-0.2, 0) is 6.54 Å². The number of aromatic nitrogens is 2. The monoisotopic (exact) mass is 377 g/mol. The molecule has 1 heterocycles. The van der Waals surface area contributed by atoms with E-state index < -0.39 is 0 Å². The summed E-state index contributed by atoms with van der Waals surface area (Å²) in [5, 5.41) is 7.81. The van der Waals surface area contributed by atoms with E-state index in [1.165, 1.54) is 0 Å². The van der Waals surface area contributed by atoms with Crippen molar-refractivity contribution in [3.63, 3.8) is 0 Å². The van der Waals surface area contributed by atoms with E-state index in [1.807, 2.05) is 72.4 Å². The first-order valence-electron chi connectivity index (χ1n) is 9.54. The second-order valence-electron chi connectivity index (χ2n) is 7.31. The molecular weight excluding hydrogens is 350 g/mol. The number of carbonyl (C=O) groups is 1. The number of hydrogen-bond donors (Lipinski definition) is 1. The van der Waals surface area contributed by atoms with Crippen molar-refractivity contribution in [2.45, 2.75) is 33.4 Å². The summed E-state index contributed by atoms with van der Waals surface area (Å²) in [5.41, 5.74) is 3.21. The van der Waals surface area contributed by atoms with Gasteiger partial charge in [0.15, 0.2) is 0 Å². The van der Waals surface area contributed by atoms with Crippen LogP contribution in [0.15, 0.2) is 60.8 Å². The number of nitrogens with zero attached hydrogens (tertiary/aromatic N) is 2. The predicted octanol–water partition coefficient (Wildman–Crippen LogP) is 4.38. The van der Waals surface area contributed by atoms with Gasteiger partial charge in [0, 0.05) is 17.8 Å². The first-order chi connectivity index (χ1) is 13.5. The van der Waals surface area contributed by atoms with Crippen molar-refractivity contribution in [1.82, 2.24) is 15.1 Å². The zero-order valence-corrected chi connectivity index (χ0v) is 16.8. The van der Waals surface area contributed by atoms with E-state index in [9.17, 15) is 4.79 Å². The van der Waals surface area contributed by atoms with Crippen LogP contribution in [0.4, 0.5) is 0 Å². The molecule has 1 N–H and O–H groups in total. The molecule has 1 amide bonds. The molecule has 0 aliphatic heterocycles. The standard InChI is InChI=1S/C23H27N3O2/c1-16(2)17(3)24-23(27)21-15-26(14-18-9-6-5-7-10-18)25-22(21)19-11-8-12-20(13-19)28-4/h5-13,15-17H,14H2,1-4H3,(H,24,27). The number of hydrogen-bond acceptors (Lipinski definition) is 3. The molecule has 3 rings (SSSR count). The smallest absolute Gasteiger partial charge is 0.255 e. The van der Waals surface area contributed by atoms with E-state index in [4.69, 9.17) is 9.84 Å². The van der Waals surface area contributed by atoms with E-state index in [2.05, 4.69) is 19.2 Å². The zero-order valence-electron chi connectivity index (χ0n) is 16.8. The Balaban J connectivity index is 1.98. The lowest BCUT2D eigenvalue weighted by molar-refractivity contribution is 0.0931. The van der Waals surface area contributed by atoms with Gasteiger partial charge in [-0.3, -0.25) is 9.48 Å². The van der Waals surface area contributed by atoms with Gasteiger partial charge in [-0.15, -0.1) is 0 Å². The summed E-state index contributed by atoms with van der Waals surface area (Å²) in [7, 11) is 1.63. The number of benzene rings is 2. The number of nitrogens with one attached hydrogen (secondary N) is 1. The highest BCUT2D eigenvalue weighted by molar-refractivity contribution is 6.00. The minimum atomic E-state index is -0.113. The molecule has 0 fully saturated rings. The van der Waals surface area contributed by atoms with Crippen molar-refractivity contribution >= 4 is 5.91 Å². The van der Waals surface area contributed by atoms with Crippen LogP contribution >= 0.6 is 0 Å². The lowest BCUT2D eigenvalue weighted by Crippen LogP contribution is -2.36. The van der Waals surface area contributed by atoms with Crippen molar-refractivity contribution in [3.8, 4) is 17.0 Å². The molecule has 5 nitrogen and oxygen atoms in total. The molecule has 0 aliphatic rings. The molecule has 28 heavy (non-hydrogen) atoms. The molecular formula is C23H27N3O2. The summed E-state index contributed by atoms with van der Waals surface area (Å²) in [6, 6.07) is 17.8.